The Morgan fingerprint density at radius 3 is 2.83 bits per heavy atom. The number of aliphatic carboxylic acids is 1. The maximum atomic E-state index is 12.3. The Labute approximate surface area is 106 Å². The minimum absolute atomic E-state index is 0.190. The quantitative estimate of drug-likeness (QED) is 0.865. The molecule has 1 aromatic rings. The lowest BCUT2D eigenvalue weighted by atomic mass is 9.99. The van der Waals surface area contributed by atoms with Gasteiger partial charge in [-0.05, 0) is 36.5 Å². The van der Waals surface area contributed by atoms with E-state index in [0.29, 0.717) is 18.4 Å². The third kappa shape index (κ3) is 2.10. The molecular weight excluding hydrogens is 230 g/mol. The van der Waals surface area contributed by atoms with Gasteiger partial charge in [-0.25, -0.2) is 4.79 Å². The minimum Gasteiger partial charge on any atom is -0.480 e. The van der Waals surface area contributed by atoms with Crippen molar-refractivity contribution in [3.8, 4) is 0 Å². The highest BCUT2D eigenvalue weighted by Crippen LogP contribution is 2.23. The van der Waals surface area contributed by atoms with Crippen molar-refractivity contribution >= 4 is 11.9 Å². The summed E-state index contributed by atoms with van der Waals surface area (Å²) >= 11 is 0. The van der Waals surface area contributed by atoms with Crippen LogP contribution in [-0.2, 0) is 17.6 Å². The average molecular weight is 247 g/mol. The molecule has 0 aliphatic carbocycles. The number of fused-ring (bicyclic) bond motifs is 1. The van der Waals surface area contributed by atoms with Crippen molar-refractivity contribution in [2.45, 2.75) is 32.2 Å². The van der Waals surface area contributed by atoms with E-state index < -0.39 is 12.0 Å². The van der Waals surface area contributed by atoms with E-state index in [1.807, 2.05) is 25.1 Å². The fourth-order valence-electron chi connectivity index (χ4n) is 2.37. The number of benzene rings is 1. The highest BCUT2D eigenvalue weighted by molar-refractivity contribution is 5.98. The molecule has 18 heavy (non-hydrogen) atoms. The van der Waals surface area contributed by atoms with Gasteiger partial charge in [0.15, 0.2) is 0 Å². The Bertz CT molecular complexity index is 496. The molecule has 2 rings (SSSR count). The molecule has 1 aliphatic rings. The van der Waals surface area contributed by atoms with Crippen LogP contribution < -0.4 is 0 Å². The number of carboxylic acids is 1. The Morgan fingerprint density at radius 1 is 1.50 bits per heavy atom. The number of carbonyl (C=O) groups excluding carboxylic acids is 1. The van der Waals surface area contributed by atoms with Crippen LogP contribution in [0.25, 0.3) is 0 Å². The number of hydrogen-bond donors (Lipinski definition) is 1. The summed E-state index contributed by atoms with van der Waals surface area (Å²) in [5.74, 6) is -1.13. The summed E-state index contributed by atoms with van der Waals surface area (Å²) in [6.45, 7) is 2.03. The van der Waals surface area contributed by atoms with E-state index in [-0.39, 0.29) is 5.91 Å². The summed E-state index contributed by atoms with van der Waals surface area (Å²) in [7, 11) is 1.56. The maximum Gasteiger partial charge on any atom is 0.326 e. The van der Waals surface area contributed by atoms with Gasteiger partial charge in [0.05, 0.1) is 0 Å². The Kier molecular flexibility index (Phi) is 3.36. The SMILES string of the molecule is CCc1ccc2c(c1)C(=O)N(C)C(C(=O)O)CC2. The number of nitrogens with zero attached hydrogens (tertiary/aromatic N) is 1. The fourth-order valence-corrected chi connectivity index (χ4v) is 2.37. The molecule has 1 heterocycles. The van der Waals surface area contributed by atoms with Crippen LogP contribution in [0.2, 0.25) is 0 Å². The van der Waals surface area contributed by atoms with Gasteiger partial charge in [-0.15, -0.1) is 0 Å². The van der Waals surface area contributed by atoms with Crippen LogP contribution in [0.4, 0.5) is 0 Å². The van der Waals surface area contributed by atoms with Crippen LogP contribution in [-0.4, -0.2) is 35.0 Å². The molecule has 0 saturated heterocycles. The number of carboxylic acid groups (broad SMARTS) is 1. The van der Waals surface area contributed by atoms with Crippen LogP contribution in [0, 0.1) is 0 Å². The predicted octanol–water partition coefficient (Wildman–Crippen LogP) is 1.72. The van der Waals surface area contributed by atoms with E-state index in [9.17, 15) is 9.59 Å². The summed E-state index contributed by atoms with van der Waals surface area (Å²) in [5.41, 5.74) is 2.71. The van der Waals surface area contributed by atoms with Crippen molar-refractivity contribution in [1.82, 2.24) is 4.90 Å². The lowest BCUT2D eigenvalue weighted by Crippen LogP contribution is -2.41. The van der Waals surface area contributed by atoms with Crippen LogP contribution in [0.15, 0.2) is 18.2 Å². The lowest BCUT2D eigenvalue weighted by Gasteiger charge is -2.22. The molecule has 0 spiro atoms. The molecule has 1 N–H and O–H groups in total. The first-order valence-electron chi connectivity index (χ1n) is 6.16. The molecule has 1 aromatic carbocycles. The van der Waals surface area contributed by atoms with Crippen molar-refractivity contribution in [2.75, 3.05) is 7.05 Å². The molecule has 1 atom stereocenters. The highest BCUT2D eigenvalue weighted by atomic mass is 16.4. The van der Waals surface area contributed by atoms with Crippen LogP contribution in [0.1, 0.15) is 34.8 Å². The van der Waals surface area contributed by atoms with Gasteiger partial charge in [0.1, 0.15) is 6.04 Å². The summed E-state index contributed by atoms with van der Waals surface area (Å²) in [5, 5.41) is 9.14. The highest BCUT2D eigenvalue weighted by Gasteiger charge is 2.31. The molecule has 0 saturated carbocycles. The minimum atomic E-state index is -0.936. The van der Waals surface area contributed by atoms with Gasteiger partial charge in [-0.2, -0.15) is 0 Å². The first kappa shape index (κ1) is 12.6. The van der Waals surface area contributed by atoms with Gasteiger partial charge in [0.2, 0.25) is 0 Å². The van der Waals surface area contributed by atoms with Crippen molar-refractivity contribution < 1.29 is 14.7 Å². The molecule has 4 heteroatoms. The number of rotatable bonds is 2. The molecule has 0 fully saturated rings. The standard InChI is InChI=1S/C14H17NO3/c1-3-9-4-5-10-6-7-12(14(17)18)15(2)13(16)11(10)8-9/h4-5,8,12H,3,6-7H2,1-2H3,(H,17,18). The van der Waals surface area contributed by atoms with Gasteiger partial charge in [0, 0.05) is 12.6 Å². The summed E-state index contributed by atoms with van der Waals surface area (Å²) in [6.07, 6.45) is 1.97. The van der Waals surface area contributed by atoms with Crippen molar-refractivity contribution in [3.63, 3.8) is 0 Å². The zero-order valence-electron chi connectivity index (χ0n) is 10.6. The van der Waals surface area contributed by atoms with Gasteiger partial charge in [0.25, 0.3) is 5.91 Å². The zero-order valence-corrected chi connectivity index (χ0v) is 10.6. The van der Waals surface area contributed by atoms with Crippen molar-refractivity contribution in [2.24, 2.45) is 0 Å². The van der Waals surface area contributed by atoms with E-state index in [2.05, 4.69) is 0 Å². The average Bonchev–Trinajstić information content (AvgIpc) is 2.48. The van der Waals surface area contributed by atoms with Gasteiger partial charge >= 0.3 is 5.97 Å². The number of carbonyl (C=O) groups is 2. The lowest BCUT2D eigenvalue weighted by molar-refractivity contribution is -0.142. The molecule has 96 valence electrons. The fraction of sp³-hybridized carbons (Fsp3) is 0.429. The maximum absolute atomic E-state index is 12.3. The second-order valence-corrected chi connectivity index (χ2v) is 4.65. The number of likely N-dealkylation sites (N-methyl/N-ethyl adjacent to an activating group) is 1. The molecule has 0 radical (unpaired) electrons. The molecule has 4 nitrogen and oxygen atoms in total. The Hall–Kier alpha value is -1.84. The third-order valence-electron chi connectivity index (χ3n) is 3.57. The summed E-state index contributed by atoms with van der Waals surface area (Å²) < 4.78 is 0. The first-order chi connectivity index (χ1) is 8.54. The second-order valence-electron chi connectivity index (χ2n) is 4.65. The van der Waals surface area contributed by atoms with E-state index in [4.69, 9.17) is 5.11 Å². The predicted molar refractivity (Wildman–Crippen MR) is 67.7 cm³/mol. The molecular formula is C14H17NO3. The molecule has 1 unspecified atom stereocenters. The molecule has 0 bridgehead atoms. The van der Waals surface area contributed by atoms with Gasteiger partial charge in [-0.3, -0.25) is 4.79 Å². The van der Waals surface area contributed by atoms with Crippen LogP contribution >= 0.6 is 0 Å². The summed E-state index contributed by atoms with van der Waals surface area (Å²) in [6, 6.07) is 5.12. The molecule has 1 amide bonds. The first-order valence-corrected chi connectivity index (χ1v) is 6.16. The van der Waals surface area contributed by atoms with Crippen molar-refractivity contribution in [3.05, 3.63) is 34.9 Å². The van der Waals surface area contributed by atoms with E-state index in [0.717, 1.165) is 17.5 Å². The van der Waals surface area contributed by atoms with E-state index in [1.165, 1.54) is 4.90 Å². The topological polar surface area (TPSA) is 57.6 Å². The molecule has 0 aromatic heterocycles. The Morgan fingerprint density at radius 2 is 2.22 bits per heavy atom. The zero-order chi connectivity index (χ0) is 13.3. The molecule has 1 aliphatic heterocycles. The number of hydrogen-bond acceptors (Lipinski definition) is 2. The third-order valence-corrected chi connectivity index (χ3v) is 3.57. The normalized spacial score (nSPS) is 19.3. The van der Waals surface area contributed by atoms with Crippen molar-refractivity contribution in [1.29, 1.82) is 0 Å². The van der Waals surface area contributed by atoms with E-state index >= 15 is 0 Å². The second kappa shape index (κ2) is 4.80. The number of amides is 1. The van der Waals surface area contributed by atoms with Crippen LogP contribution in [0.3, 0.4) is 0 Å². The van der Waals surface area contributed by atoms with Gasteiger partial charge < -0.3 is 10.0 Å². The van der Waals surface area contributed by atoms with Gasteiger partial charge in [-0.1, -0.05) is 19.1 Å². The van der Waals surface area contributed by atoms with Crippen LogP contribution in [0.5, 0.6) is 0 Å². The Balaban J connectivity index is 2.43. The summed E-state index contributed by atoms with van der Waals surface area (Å²) in [4.78, 5) is 24.8. The monoisotopic (exact) mass is 247 g/mol. The largest absolute Gasteiger partial charge is 0.480 e. The van der Waals surface area contributed by atoms with E-state index in [1.54, 1.807) is 7.05 Å². The smallest absolute Gasteiger partial charge is 0.326 e. The number of aryl methyl sites for hydroxylation is 2.